The second-order valence-electron chi connectivity index (χ2n) is 5.00. The first-order valence-corrected chi connectivity index (χ1v) is 6.93. The molecule has 0 aliphatic heterocycles. The van der Waals surface area contributed by atoms with Gasteiger partial charge in [-0.2, -0.15) is 0 Å². The minimum Gasteiger partial charge on any atom is -0.493 e. The third-order valence-electron chi connectivity index (χ3n) is 3.35. The Morgan fingerprint density at radius 3 is 2.83 bits per heavy atom. The Morgan fingerprint density at radius 1 is 1.26 bits per heavy atom. The van der Waals surface area contributed by atoms with Crippen molar-refractivity contribution >= 4 is 22.7 Å². The van der Waals surface area contributed by atoms with Crippen LogP contribution < -0.4 is 15.7 Å². The second-order valence-corrected chi connectivity index (χ2v) is 5.00. The van der Waals surface area contributed by atoms with Crippen LogP contribution in [-0.2, 0) is 0 Å². The van der Waals surface area contributed by atoms with Crippen molar-refractivity contribution in [2.24, 2.45) is 0 Å². The van der Waals surface area contributed by atoms with Crippen LogP contribution in [0.2, 0.25) is 0 Å². The molecule has 2 heterocycles. The molecule has 1 amide bonds. The number of amides is 1. The number of hydrogen-bond donors (Lipinski definition) is 1. The summed E-state index contributed by atoms with van der Waals surface area (Å²) in [6, 6.07) is 10.2. The fourth-order valence-corrected chi connectivity index (χ4v) is 2.22. The van der Waals surface area contributed by atoms with Crippen LogP contribution in [0, 0.1) is 6.92 Å². The average molecular weight is 310 g/mol. The number of rotatable bonds is 3. The zero-order valence-corrected chi connectivity index (χ0v) is 12.6. The molecule has 116 valence electrons. The van der Waals surface area contributed by atoms with Gasteiger partial charge in [0.05, 0.1) is 7.11 Å². The van der Waals surface area contributed by atoms with E-state index in [0.29, 0.717) is 22.5 Å². The number of hydrogen-bond acceptors (Lipinski definition) is 5. The Kier molecular flexibility index (Phi) is 3.80. The number of benzene rings is 1. The third kappa shape index (κ3) is 2.91. The Labute approximate surface area is 131 Å². The highest BCUT2D eigenvalue weighted by molar-refractivity contribution is 6.05. The van der Waals surface area contributed by atoms with Gasteiger partial charge < -0.3 is 14.5 Å². The molecule has 3 rings (SSSR count). The van der Waals surface area contributed by atoms with Gasteiger partial charge >= 0.3 is 5.63 Å². The molecule has 0 saturated carbocycles. The number of fused-ring (bicyclic) bond motifs is 1. The number of nitrogens with one attached hydrogen (secondary N) is 1. The molecule has 2 aromatic heterocycles. The number of para-hydroxylation sites is 1. The van der Waals surface area contributed by atoms with E-state index < -0.39 is 11.5 Å². The Hall–Kier alpha value is -3.15. The molecule has 1 N–H and O–H groups in total. The molecule has 0 bridgehead atoms. The molecular weight excluding hydrogens is 296 g/mol. The molecule has 1 aromatic carbocycles. The largest absolute Gasteiger partial charge is 0.493 e. The number of ether oxygens (including phenoxy) is 1. The molecule has 0 aliphatic carbocycles. The standard InChI is InChI=1S/C17H14N2O4/c1-10-6-7-18-14(8-10)19-16(20)12-9-11-4-3-5-13(22-2)15(11)23-17(12)21/h3-9H,1-2H3,(H,18,19,20). The number of pyridine rings is 1. The minimum atomic E-state index is -0.729. The van der Waals surface area contributed by atoms with Crippen molar-refractivity contribution in [1.82, 2.24) is 4.98 Å². The zero-order valence-electron chi connectivity index (χ0n) is 12.6. The maximum absolute atomic E-state index is 12.3. The van der Waals surface area contributed by atoms with Gasteiger partial charge in [0.15, 0.2) is 11.3 Å². The predicted molar refractivity (Wildman–Crippen MR) is 86.0 cm³/mol. The summed E-state index contributed by atoms with van der Waals surface area (Å²) in [5.74, 6) is 0.244. The second kappa shape index (κ2) is 5.92. The lowest BCUT2D eigenvalue weighted by molar-refractivity contribution is 0.102. The SMILES string of the molecule is COc1cccc2cc(C(=O)Nc3cc(C)ccn3)c(=O)oc12. The normalized spacial score (nSPS) is 10.5. The molecule has 0 saturated heterocycles. The molecule has 0 unspecified atom stereocenters. The number of methoxy groups -OCH3 is 1. The van der Waals surface area contributed by atoms with E-state index in [2.05, 4.69) is 10.3 Å². The maximum Gasteiger partial charge on any atom is 0.349 e. The van der Waals surface area contributed by atoms with Crippen LogP contribution >= 0.6 is 0 Å². The lowest BCUT2D eigenvalue weighted by Gasteiger charge is -2.07. The molecule has 0 aliphatic rings. The molecule has 6 nitrogen and oxygen atoms in total. The van der Waals surface area contributed by atoms with E-state index in [9.17, 15) is 9.59 Å². The maximum atomic E-state index is 12.3. The van der Waals surface area contributed by atoms with E-state index in [1.54, 1.807) is 30.5 Å². The summed E-state index contributed by atoms with van der Waals surface area (Å²) >= 11 is 0. The highest BCUT2D eigenvalue weighted by atomic mass is 16.5. The van der Waals surface area contributed by atoms with Crippen LogP contribution in [-0.4, -0.2) is 18.0 Å². The van der Waals surface area contributed by atoms with E-state index in [-0.39, 0.29) is 5.56 Å². The predicted octanol–water partition coefficient (Wildman–Crippen LogP) is 2.76. The number of carbonyl (C=O) groups excluding carboxylic acids is 1. The molecule has 6 heteroatoms. The van der Waals surface area contributed by atoms with Gasteiger partial charge in [-0.25, -0.2) is 9.78 Å². The molecule has 3 aromatic rings. The first-order chi connectivity index (χ1) is 11.1. The van der Waals surface area contributed by atoms with Crippen molar-refractivity contribution in [1.29, 1.82) is 0 Å². The Bertz CT molecular complexity index is 947. The lowest BCUT2D eigenvalue weighted by Crippen LogP contribution is -2.21. The summed E-state index contributed by atoms with van der Waals surface area (Å²) in [6.07, 6.45) is 1.58. The van der Waals surface area contributed by atoms with Gasteiger partial charge in [0.1, 0.15) is 11.4 Å². The molecule has 0 atom stereocenters. The van der Waals surface area contributed by atoms with E-state index in [1.165, 1.54) is 13.2 Å². The average Bonchev–Trinajstić information content (AvgIpc) is 2.53. The molecule has 23 heavy (non-hydrogen) atoms. The number of anilines is 1. The summed E-state index contributed by atoms with van der Waals surface area (Å²) in [4.78, 5) is 28.4. The van der Waals surface area contributed by atoms with Crippen molar-refractivity contribution in [2.45, 2.75) is 6.92 Å². The van der Waals surface area contributed by atoms with E-state index in [4.69, 9.17) is 9.15 Å². The van der Waals surface area contributed by atoms with Gasteiger partial charge in [-0.05, 0) is 36.8 Å². The molecule has 0 spiro atoms. The van der Waals surface area contributed by atoms with Crippen molar-refractivity contribution in [3.63, 3.8) is 0 Å². The van der Waals surface area contributed by atoms with Crippen LogP contribution in [0.25, 0.3) is 11.0 Å². The van der Waals surface area contributed by atoms with Crippen LogP contribution in [0.5, 0.6) is 5.75 Å². The van der Waals surface area contributed by atoms with Crippen molar-refractivity contribution < 1.29 is 13.9 Å². The molecule has 0 radical (unpaired) electrons. The van der Waals surface area contributed by atoms with Gasteiger partial charge in [-0.1, -0.05) is 12.1 Å². The Morgan fingerprint density at radius 2 is 2.09 bits per heavy atom. The van der Waals surface area contributed by atoms with Crippen LogP contribution in [0.15, 0.2) is 51.8 Å². The van der Waals surface area contributed by atoms with Gasteiger partial charge in [0, 0.05) is 11.6 Å². The van der Waals surface area contributed by atoms with Crippen LogP contribution in [0.3, 0.4) is 0 Å². The lowest BCUT2D eigenvalue weighted by atomic mass is 10.1. The number of carbonyl (C=O) groups is 1. The third-order valence-corrected chi connectivity index (χ3v) is 3.35. The monoisotopic (exact) mass is 310 g/mol. The number of aromatic nitrogens is 1. The zero-order chi connectivity index (χ0) is 16.4. The summed E-state index contributed by atoms with van der Waals surface area (Å²) < 4.78 is 10.4. The van der Waals surface area contributed by atoms with Crippen molar-refractivity contribution in [3.8, 4) is 5.75 Å². The van der Waals surface area contributed by atoms with Crippen molar-refractivity contribution in [3.05, 3.63) is 64.1 Å². The number of aryl methyl sites for hydroxylation is 1. The summed E-state index contributed by atoms with van der Waals surface area (Å²) in [5.41, 5.74) is 0.442. The fraction of sp³-hybridized carbons (Fsp3) is 0.118. The Balaban J connectivity index is 2.01. The van der Waals surface area contributed by atoms with Crippen LogP contribution in [0.4, 0.5) is 5.82 Å². The van der Waals surface area contributed by atoms with Gasteiger partial charge in [-0.3, -0.25) is 4.79 Å². The molecular formula is C17H14N2O4. The van der Waals surface area contributed by atoms with Crippen molar-refractivity contribution in [2.75, 3.05) is 12.4 Å². The van der Waals surface area contributed by atoms with E-state index in [1.807, 2.05) is 13.0 Å². The fourth-order valence-electron chi connectivity index (χ4n) is 2.22. The number of nitrogens with zero attached hydrogens (tertiary/aromatic N) is 1. The quantitative estimate of drug-likeness (QED) is 0.752. The first-order valence-electron chi connectivity index (χ1n) is 6.93. The minimum absolute atomic E-state index is 0.0888. The highest BCUT2D eigenvalue weighted by Gasteiger charge is 2.16. The summed E-state index contributed by atoms with van der Waals surface area (Å²) in [6.45, 7) is 1.88. The topological polar surface area (TPSA) is 81.4 Å². The van der Waals surface area contributed by atoms with E-state index >= 15 is 0 Å². The molecule has 0 fully saturated rings. The van der Waals surface area contributed by atoms with E-state index in [0.717, 1.165) is 5.56 Å². The smallest absolute Gasteiger partial charge is 0.349 e. The van der Waals surface area contributed by atoms with Gasteiger partial charge in [0.25, 0.3) is 5.91 Å². The van der Waals surface area contributed by atoms with Crippen LogP contribution in [0.1, 0.15) is 15.9 Å². The van der Waals surface area contributed by atoms with Gasteiger partial charge in [0.2, 0.25) is 0 Å². The first kappa shape index (κ1) is 14.8. The van der Waals surface area contributed by atoms with Gasteiger partial charge in [-0.15, -0.1) is 0 Å². The highest BCUT2D eigenvalue weighted by Crippen LogP contribution is 2.24. The summed E-state index contributed by atoms with van der Waals surface area (Å²) in [7, 11) is 1.48. The summed E-state index contributed by atoms with van der Waals surface area (Å²) in [5, 5.41) is 3.19.